The Bertz CT molecular complexity index is 951. The van der Waals surface area contributed by atoms with E-state index in [-0.39, 0.29) is 24.4 Å². The number of rotatable bonds is 8. The molecule has 29 heavy (non-hydrogen) atoms. The molecule has 3 rings (SSSR count). The molecule has 0 aliphatic heterocycles. The van der Waals surface area contributed by atoms with Crippen LogP contribution in [0.15, 0.2) is 30.5 Å². The lowest BCUT2D eigenvalue weighted by Crippen LogP contribution is -2.39. The zero-order valence-electron chi connectivity index (χ0n) is 17.1. The van der Waals surface area contributed by atoms with E-state index in [1.54, 1.807) is 15.6 Å². The van der Waals surface area contributed by atoms with E-state index < -0.39 is 0 Å². The van der Waals surface area contributed by atoms with Crippen molar-refractivity contribution in [3.63, 3.8) is 0 Å². The van der Waals surface area contributed by atoms with E-state index in [2.05, 4.69) is 28.8 Å². The van der Waals surface area contributed by atoms with Gasteiger partial charge in [0, 0.05) is 25.3 Å². The van der Waals surface area contributed by atoms with Gasteiger partial charge < -0.3 is 4.90 Å². The number of anilines is 1. The molecule has 0 aliphatic rings. The van der Waals surface area contributed by atoms with Crippen LogP contribution < -0.4 is 4.90 Å². The van der Waals surface area contributed by atoms with E-state index in [9.17, 15) is 4.79 Å². The summed E-state index contributed by atoms with van der Waals surface area (Å²) in [6.07, 6.45) is 1.84. The topological polar surface area (TPSA) is 54.3 Å². The summed E-state index contributed by atoms with van der Waals surface area (Å²) in [6, 6.07) is 7.67. The number of nitrogens with zero attached hydrogens (tertiary/aromatic N) is 5. The summed E-state index contributed by atoms with van der Waals surface area (Å²) < 4.78 is 2.77. The maximum absolute atomic E-state index is 13.3. The first-order valence-electron chi connectivity index (χ1n) is 9.59. The molecular weight excluding hydrogens is 429 g/mol. The summed E-state index contributed by atoms with van der Waals surface area (Å²) in [5, 5.41) is 5.71. The van der Waals surface area contributed by atoms with Crippen molar-refractivity contribution in [3.05, 3.63) is 41.2 Å². The third kappa shape index (κ3) is 5.28. The van der Waals surface area contributed by atoms with Crippen LogP contribution in [0.1, 0.15) is 44.2 Å². The van der Waals surface area contributed by atoms with Crippen molar-refractivity contribution in [3.8, 4) is 0 Å². The average Bonchev–Trinajstić information content (AvgIpc) is 3.33. The lowest BCUT2D eigenvalue weighted by Gasteiger charge is -2.24. The monoisotopic (exact) mass is 455 g/mol. The summed E-state index contributed by atoms with van der Waals surface area (Å²) in [6.45, 7) is 11.5. The summed E-state index contributed by atoms with van der Waals surface area (Å²) >= 11 is 7.78. The summed E-state index contributed by atoms with van der Waals surface area (Å²) in [7, 11) is 0. The van der Waals surface area contributed by atoms with Crippen molar-refractivity contribution < 1.29 is 4.79 Å². The van der Waals surface area contributed by atoms with E-state index in [0.29, 0.717) is 22.4 Å². The van der Waals surface area contributed by atoms with Gasteiger partial charge in [-0.05, 0) is 45.1 Å². The third-order valence-corrected chi connectivity index (χ3v) is 6.07. The number of carbonyl (C=O) groups excluding carboxylic acids is 1. The minimum atomic E-state index is -0.137. The number of hydrogen-bond acceptors (Lipinski definition) is 5. The summed E-state index contributed by atoms with van der Waals surface area (Å²) in [4.78, 5) is 22.0. The highest BCUT2D eigenvalue weighted by atomic mass is 35.5. The quantitative estimate of drug-likeness (QED) is 0.471. The van der Waals surface area contributed by atoms with E-state index in [0.717, 1.165) is 29.9 Å². The molecule has 2 heterocycles. The Morgan fingerprint density at radius 1 is 1.21 bits per heavy atom. The number of aromatic nitrogens is 3. The van der Waals surface area contributed by atoms with E-state index in [1.807, 2.05) is 38.2 Å². The van der Waals surface area contributed by atoms with Gasteiger partial charge in [-0.2, -0.15) is 5.10 Å². The Kier molecular flexibility index (Phi) is 8.46. The molecule has 0 N–H and O–H groups in total. The molecule has 0 radical (unpaired) electrons. The molecular formula is C20H27Cl2N5OS. The Labute approximate surface area is 186 Å². The van der Waals surface area contributed by atoms with Gasteiger partial charge in [0.1, 0.15) is 5.52 Å². The highest BCUT2D eigenvalue weighted by Crippen LogP contribution is 2.33. The first-order valence-corrected chi connectivity index (χ1v) is 10.8. The smallest absolute Gasteiger partial charge is 0.280 e. The zero-order valence-corrected chi connectivity index (χ0v) is 19.5. The van der Waals surface area contributed by atoms with Gasteiger partial charge in [-0.25, -0.2) is 4.98 Å². The fraction of sp³-hybridized carbons (Fsp3) is 0.450. The standard InChI is InChI=1S/C20H26ClN5OS.ClH/c1-5-24(6-2)12-13-25(19(27)16-10-11-26(23-16)14(3)4)20-22-18-15(21)8-7-9-17(18)28-20;/h7-11,14H,5-6,12-13H2,1-4H3;1H. The largest absolute Gasteiger partial charge is 0.302 e. The number of benzene rings is 1. The van der Waals surface area contributed by atoms with Crippen LogP contribution >= 0.6 is 35.3 Å². The molecule has 0 saturated heterocycles. The predicted molar refractivity (Wildman–Crippen MR) is 124 cm³/mol. The number of fused-ring (bicyclic) bond motifs is 1. The number of likely N-dealkylation sites (N-methyl/N-ethyl adjacent to an activating group) is 1. The number of amides is 1. The Morgan fingerprint density at radius 3 is 2.52 bits per heavy atom. The van der Waals surface area contributed by atoms with Gasteiger partial charge in [0.2, 0.25) is 0 Å². The average molecular weight is 456 g/mol. The highest BCUT2D eigenvalue weighted by molar-refractivity contribution is 7.22. The van der Waals surface area contributed by atoms with Crippen LogP contribution in [0.5, 0.6) is 0 Å². The first kappa shape index (κ1) is 23.6. The maximum atomic E-state index is 13.3. The predicted octanol–water partition coefficient (Wildman–Crippen LogP) is 5.14. The van der Waals surface area contributed by atoms with Crippen LogP contribution in [-0.4, -0.2) is 51.8 Å². The van der Waals surface area contributed by atoms with Crippen molar-refractivity contribution in [1.82, 2.24) is 19.7 Å². The SMILES string of the molecule is CCN(CC)CCN(C(=O)c1ccn(C(C)C)n1)c1nc2c(Cl)cccc2s1.Cl. The summed E-state index contributed by atoms with van der Waals surface area (Å²) in [5.74, 6) is -0.137. The molecule has 1 amide bonds. The van der Waals surface area contributed by atoms with Crippen LogP contribution in [0.25, 0.3) is 10.2 Å². The Morgan fingerprint density at radius 2 is 1.93 bits per heavy atom. The van der Waals surface area contributed by atoms with Gasteiger partial charge in [-0.3, -0.25) is 14.4 Å². The minimum Gasteiger partial charge on any atom is -0.302 e. The molecule has 0 fully saturated rings. The Balaban J connectivity index is 0.00000300. The molecule has 0 aliphatic carbocycles. The van der Waals surface area contributed by atoms with Crippen molar-refractivity contribution >= 4 is 56.6 Å². The lowest BCUT2D eigenvalue weighted by atomic mass is 10.3. The second-order valence-corrected chi connectivity index (χ2v) is 8.26. The van der Waals surface area contributed by atoms with E-state index in [4.69, 9.17) is 11.6 Å². The number of hydrogen-bond donors (Lipinski definition) is 0. The van der Waals surface area contributed by atoms with Gasteiger partial charge in [-0.1, -0.05) is 42.9 Å². The van der Waals surface area contributed by atoms with Crippen LogP contribution in [0.4, 0.5) is 5.13 Å². The molecule has 0 saturated carbocycles. The van der Waals surface area contributed by atoms with Crippen LogP contribution in [0.3, 0.4) is 0 Å². The van der Waals surface area contributed by atoms with Crippen molar-refractivity contribution in [2.75, 3.05) is 31.1 Å². The van der Waals surface area contributed by atoms with Gasteiger partial charge in [0.05, 0.1) is 9.72 Å². The van der Waals surface area contributed by atoms with E-state index in [1.165, 1.54) is 11.3 Å². The van der Waals surface area contributed by atoms with Crippen LogP contribution in [0.2, 0.25) is 5.02 Å². The molecule has 0 spiro atoms. The van der Waals surface area contributed by atoms with Crippen molar-refractivity contribution in [1.29, 1.82) is 0 Å². The van der Waals surface area contributed by atoms with Crippen molar-refractivity contribution in [2.45, 2.75) is 33.7 Å². The fourth-order valence-electron chi connectivity index (χ4n) is 2.96. The minimum absolute atomic E-state index is 0. The Hall–Kier alpha value is -1.67. The van der Waals surface area contributed by atoms with Gasteiger partial charge in [0.15, 0.2) is 10.8 Å². The fourth-order valence-corrected chi connectivity index (χ4v) is 4.25. The number of halogens is 2. The molecule has 9 heteroatoms. The molecule has 0 unspecified atom stereocenters. The first-order chi connectivity index (χ1) is 13.4. The zero-order chi connectivity index (χ0) is 20.3. The second kappa shape index (κ2) is 10.4. The molecule has 2 aromatic heterocycles. The highest BCUT2D eigenvalue weighted by Gasteiger charge is 2.24. The molecule has 3 aromatic rings. The second-order valence-electron chi connectivity index (χ2n) is 6.84. The molecule has 6 nitrogen and oxygen atoms in total. The molecule has 0 bridgehead atoms. The van der Waals surface area contributed by atoms with Crippen molar-refractivity contribution in [2.24, 2.45) is 0 Å². The van der Waals surface area contributed by atoms with Gasteiger partial charge in [-0.15, -0.1) is 12.4 Å². The number of thiazole rings is 1. The van der Waals surface area contributed by atoms with Crippen LogP contribution in [-0.2, 0) is 0 Å². The molecule has 158 valence electrons. The van der Waals surface area contributed by atoms with Crippen LogP contribution in [0, 0.1) is 0 Å². The molecule has 0 atom stereocenters. The number of carbonyl (C=O) groups is 1. The lowest BCUT2D eigenvalue weighted by molar-refractivity contribution is 0.0978. The third-order valence-electron chi connectivity index (χ3n) is 4.73. The number of para-hydroxylation sites is 1. The van der Waals surface area contributed by atoms with E-state index >= 15 is 0 Å². The maximum Gasteiger partial charge on any atom is 0.280 e. The molecule has 1 aromatic carbocycles. The van der Waals surface area contributed by atoms with Gasteiger partial charge >= 0.3 is 0 Å². The summed E-state index contributed by atoms with van der Waals surface area (Å²) in [5.41, 5.74) is 1.16. The normalized spacial score (nSPS) is 11.3. The van der Waals surface area contributed by atoms with Gasteiger partial charge in [0.25, 0.3) is 5.91 Å².